The highest BCUT2D eigenvalue weighted by molar-refractivity contribution is 6.01. The highest BCUT2D eigenvalue weighted by atomic mass is 15.1. The second-order valence-electron chi connectivity index (χ2n) is 4.51. The van der Waals surface area contributed by atoms with Crippen molar-refractivity contribution in [2.24, 2.45) is 5.73 Å². The van der Waals surface area contributed by atoms with Gasteiger partial charge >= 0.3 is 0 Å². The molecule has 0 aliphatic carbocycles. The van der Waals surface area contributed by atoms with Crippen LogP contribution in [-0.4, -0.2) is 12.4 Å². The SMILES string of the molecule is CCN(c1ccccc1)c1cc(C)ccc1C(=N)N. The third-order valence-electron chi connectivity index (χ3n) is 3.12. The van der Waals surface area contributed by atoms with Gasteiger partial charge in [0.2, 0.25) is 0 Å². The lowest BCUT2D eigenvalue weighted by atomic mass is 10.1. The fourth-order valence-electron chi connectivity index (χ4n) is 2.19. The highest BCUT2D eigenvalue weighted by Crippen LogP contribution is 2.29. The first kappa shape index (κ1) is 13.1. The van der Waals surface area contributed by atoms with E-state index < -0.39 is 0 Å². The van der Waals surface area contributed by atoms with E-state index in [1.54, 1.807) is 0 Å². The Kier molecular flexibility index (Phi) is 3.85. The van der Waals surface area contributed by atoms with Crippen molar-refractivity contribution in [3.8, 4) is 0 Å². The summed E-state index contributed by atoms with van der Waals surface area (Å²) in [5, 5.41) is 7.73. The Hall–Kier alpha value is -2.29. The summed E-state index contributed by atoms with van der Waals surface area (Å²) in [5.41, 5.74) is 9.72. The molecular formula is C16H19N3. The van der Waals surface area contributed by atoms with Gasteiger partial charge in [0.1, 0.15) is 5.84 Å². The molecule has 98 valence electrons. The second-order valence-corrected chi connectivity index (χ2v) is 4.51. The number of hydrogen-bond acceptors (Lipinski definition) is 2. The summed E-state index contributed by atoms with van der Waals surface area (Å²) in [6, 6.07) is 16.1. The largest absolute Gasteiger partial charge is 0.384 e. The Morgan fingerprint density at radius 3 is 2.42 bits per heavy atom. The number of anilines is 2. The molecule has 2 rings (SSSR count). The lowest BCUT2D eigenvalue weighted by Gasteiger charge is -2.26. The minimum atomic E-state index is 0.101. The lowest BCUT2D eigenvalue weighted by Crippen LogP contribution is -2.22. The molecule has 0 atom stereocenters. The van der Waals surface area contributed by atoms with E-state index in [0.29, 0.717) is 0 Å². The average molecular weight is 253 g/mol. The van der Waals surface area contributed by atoms with Gasteiger partial charge in [0, 0.05) is 17.8 Å². The molecule has 0 saturated heterocycles. The number of amidine groups is 1. The summed E-state index contributed by atoms with van der Waals surface area (Å²) in [6.07, 6.45) is 0. The number of nitrogen functional groups attached to an aromatic ring is 1. The maximum Gasteiger partial charge on any atom is 0.124 e. The molecule has 3 N–H and O–H groups in total. The van der Waals surface area contributed by atoms with Crippen LogP contribution in [0.1, 0.15) is 18.1 Å². The van der Waals surface area contributed by atoms with Crippen LogP contribution in [0.4, 0.5) is 11.4 Å². The Morgan fingerprint density at radius 1 is 1.16 bits per heavy atom. The first-order valence-electron chi connectivity index (χ1n) is 6.41. The topological polar surface area (TPSA) is 53.1 Å². The van der Waals surface area contributed by atoms with Crippen molar-refractivity contribution in [1.29, 1.82) is 5.41 Å². The van der Waals surface area contributed by atoms with Crippen molar-refractivity contribution >= 4 is 17.2 Å². The Bertz CT molecular complexity index is 576. The van der Waals surface area contributed by atoms with Crippen LogP contribution >= 0.6 is 0 Å². The van der Waals surface area contributed by atoms with E-state index in [9.17, 15) is 0 Å². The van der Waals surface area contributed by atoms with Crippen LogP contribution in [-0.2, 0) is 0 Å². The summed E-state index contributed by atoms with van der Waals surface area (Å²) in [6.45, 7) is 4.97. The fourth-order valence-corrected chi connectivity index (χ4v) is 2.19. The van der Waals surface area contributed by atoms with Crippen molar-refractivity contribution in [2.75, 3.05) is 11.4 Å². The van der Waals surface area contributed by atoms with E-state index in [1.807, 2.05) is 37.3 Å². The van der Waals surface area contributed by atoms with Gasteiger partial charge in [-0.25, -0.2) is 0 Å². The van der Waals surface area contributed by atoms with E-state index in [1.165, 1.54) is 0 Å². The molecule has 0 fully saturated rings. The molecule has 0 aliphatic heterocycles. The third kappa shape index (κ3) is 2.76. The minimum Gasteiger partial charge on any atom is -0.384 e. The van der Waals surface area contributed by atoms with Crippen LogP contribution in [0.5, 0.6) is 0 Å². The molecule has 2 aromatic rings. The molecule has 0 unspecified atom stereocenters. The van der Waals surface area contributed by atoms with Crippen LogP contribution in [0.3, 0.4) is 0 Å². The predicted octanol–water partition coefficient (Wildman–Crippen LogP) is 3.44. The molecule has 0 spiro atoms. The van der Waals surface area contributed by atoms with Crippen LogP contribution in [0.25, 0.3) is 0 Å². The zero-order chi connectivity index (χ0) is 13.8. The van der Waals surface area contributed by atoms with E-state index in [2.05, 4.69) is 30.0 Å². The Morgan fingerprint density at radius 2 is 1.84 bits per heavy atom. The van der Waals surface area contributed by atoms with Gasteiger partial charge < -0.3 is 10.6 Å². The molecule has 3 nitrogen and oxygen atoms in total. The maximum absolute atomic E-state index is 7.73. The standard InChI is InChI=1S/C16H19N3/c1-3-19(13-7-5-4-6-8-13)15-11-12(2)9-10-14(15)16(17)18/h4-11H,3H2,1-2H3,(H3,17,18). The van der Waals surface area contributed by atoms with Gasteiger partial charge in [-0.1, -0.05) is 24.3 Å². The van der Waals surface area contributed by atoms with Gasteiger partial charge in [0.05, 0.1) is 5.69 Å². The Balaban J connectivity index is 2.55. The molecule has 0 heterocycles. The molecular weight excluding hydrogens is 234 g/mol. The lowest BCUT2D eigenvalue weighted by molar-refractivity contribution is 1.02. The zero-order valence-corrected chi connectivity index (χ0v) is 11.4. The number of nitrogens with one attached hydrogen (secondary N) is 1. The van der Waals surface area contributed by atoms with Crippen molar-refractivity contribution in [3.05, 3.63) is 59.7 Å². The maximum atomic E-state index is 7.73. The second kappa shape index (κ2) is 5.57. The normalized spacial score (nSPS) is 10.2. The number of benzene rings is 2. The third-order valence-corrected chi connectivity index (χ3v) is 3.12. The molecule has 0 aromatic heterocycles. The molecule has 0 amide bonds. The first-order chi connectivity index (χ1) is 9.13. The Labute approximate surface area is 114 Å². The molecule has 0 aliphatic rings. The van der Waals surface area contributed by atoms with Gasteiger partial charge in [-0.05, 0) is 43.7 Å². The summed E-state index contributed by atoms with van der Waals surface area (Å²) >= 11 is 0. The molecule has 3 heteroatoms. The number of rotatable bonds is 4. The predicted molar refractivity (Wildman–Crippen MR) is 81.3 cm³/mol. The van der Waals surface area contributed by atoms with E-state index in [-0.39, 0.29) is 5.84 Å². The fraction of sp³-hybridized carbons (Fsp3) is 0.188. The summed E-state index contributed by atoms with van der Waals surface area (Å²) in [7, 11) is 0. The minimum absolute atomic E-state index is 0.101. The molecule has 2 aromatic carbocycles. The van der Waals surface area contributed by atoms with Gasteiger partial charge in [-0.2, -0.15) is 0 Å². The van der Waals surface area contributed by atoms with Gasteiger partial charge in [0.25, 0.3) is 0 Å². The summed E-state index contributed by atoms with van der Waals surface area (Å²) in [4.78, 5) is 2.17. The van der Waals surface area contributed by atoms with Crippen LogP contribution in [0.15, 0.2) is 48.5 Å². The summed E-state index contributed by atoms with van der Waals surface area (Å²) in [5.74, 6) is 0.101. The van der Waals surface area contributed by atoms with Gasteiger partial charge in [-0.15, -0.1) is 0 Å². The zero-order valence-electron chi connectivity index (χ0n) is 11.4. The number of nitrogens with two attached hydrogens (primary N) is 1. The molecule has 19 heavy (non-hydrogen) atoms. The van der Waals surface area contributed by atoms with Crippen LogP contribution < -0.4 is 10.6 Å². The monoisotopic (exact) mass is 253 g/mol. The molecule has 0 bridgehead atoms. The quantitative estimate of drug-likeness (QED) is 0.648. The van der Waals surface area contributed by atoms with E-state index in [4.69, 9.17) is 11.1 Å². The highest BCUT2D eigenvalue weighted by Gasteiger charge is 2.13. The number of aryl methyl sites for hydroxylation is 1. The van der Waals surface area contributed by atoms with E-state index >= 15 is 0 Å². The van der Waals surface area contributed by atoms with Crippen molar-refractivity contribution in [2.45, 2.75) is 13.8 Å². The van der Waals surface area contributed by atoms with Crippen LogP contribution in [0.2, 0.25) is 0 Å². The number of para-hydroxylation sites is 1. The number of hydrogen-bond donors (Lipinski definition) is 2. The smallest absolute Gasteiger partial charge is 0.124 e. The van der Waals surface area contributed by atoms with Crippen molar-refractivity contribution in [1.82, 2.24) is 0 Å². The average Bonchev–Trinajstić information content (AvgIpc) is 2.40. The van der Waals surface area contributed by atoms with E-state index in [0.717, 1.165) is 29.0 Å². The number of nitrogens with zero attached hydrogens (tertiary/aromatic N) is 1. The summed E-state index contributed by atoms with van der Waals surface area (Å²) < 4.78 is 0. The first-order valence-corrected chi connectivity index (χ1v) is 6.41. The van der Waals surface area contributed by atoms with Gasteiger partial charge in [0.15, 0.2) is 0 Å². The van der Waals surface area contributed by atoms with Crippen molar-refractivity contribution < 1.29 is 0 Å². The molecule has 0 saturated carbocycles. The van der Waals surface area contributed by atoms with Crippen LogP contribution in [0, 0.1) is 12.3 Å². The van der Waals surface area contributed by atoms with Gasteiger partial charge in [-0.3, -0.25) is 5.41 Å². The van der Waals surface area contributed by atoms with Crippen molar-refractivity contribution in [3.63, 3.8) is 0 Å². The molecule has 0 radical (unpaired) electrons.